The predicted octanol–water partition coefficient (Wildman–Crippen LogP) is 8.51. The smallest absolute Gasteiger partial charge is 0.267 e. The molecule has 0 spiro atoms. The van der Waals surface area contributed by atoms with Crippen molar-refractivity contribution in [3.8, 4) is 33.5 Å². The van der Waals surface area contributed by atoms with Gasteiger partial charge in [-0.25, -0.2) is 8.78 Å². The van der Waals surface area contributed by atoms with E-state index in [0.717, 1.165) is 61.1 Å². The number of aromatic nitrogens is 2. The minimum absolute atomic E-state index is 0.360. The summed E-state index contributed by atoms with van der Waals surface area (Å²) in [6.07, 6.45) is 0. The second kappa shape index (κ2) is 11.6. The van der Waals surface area contributed by atoms with Gasteiger partial charge in [-0.15, -0.1) is 0 Å². The molecule has 0 fully saturated rings. The van der Waals surface area contributed by atoms with E-state index in [1.807, 2.05) is 84.9 Å². The number of aromatic amines is 1. The molecule has 0 atom stereocenters. The molecule has 2 nitrogen and oxygen atoms in total. The number of hydrogen-bond donors (Lipinski definition) is 1. The Morgan fingerprint density at radius 3 is 1.76 bits per heavy atom. The Morgan fingerprint density at radius 1 is 0.478 bits per heavy atom. The molecule has 0 saturated heterocycles. The third-order valence-electron chi connectivity index (χ3n) is 8.62. The van der Waals surface area contributed by atoms with E-state index in [9.17, 15) is 4.39 Å². The number of rotatable bonds is 6. The first kappa shape index (κ1) is 27.7. The number of pyridine rings is 1. The molecule has 5 heteroatoms. The maximum Gasteiger partial charge on any atom is 0.267 e. The lowest BCUT2D eigenvalue weighted by Gasteiger charge is -2.17. The monoisotopic (exact) mass is 596 g/mol. The van der Waals surface area contributed by atoms with Crippen molar-refractivity contribution in [3.05, 3.63) is 169 Å². The summed E-state index contributed by atoms with van der Waals surface area (Å²) in [4.78, 5) is 8.73. The van der Waals surface area contributed by atoms with Crippen LogP contribution >= 0.6 is 0 Å². The van der Waals surface area contributed by atoms with Gasteiger partial charge in [0.15, 0.2) is 0 Å². The highest BCUT2D eigenvalue weighted by Gasteiger charge is 2.28. The molecular formula is C41H27BF2N2. The van der Waals surface area contributed by atoms with Crippen molar-refractivity contribution in [2.75, 3.05) is 0 Å². The molecule has 218 valence electrons. The SMILES string of the molecule is Fc1ccc2[nH]c3c(B(c4ccccc4)c4cccc(-c5cc(-c6ccccc6)cc(-c6ccccc6)c5)n4)cc(F)cc3c2c1. The van der Waals surface area contributed by atoms with Gasteiger partial charge in [0.25, 0.3) is 6.71 Å². The second-order valence-corrected chi connectivity index (χ2v) is 11.6. The topological polar surface area (TPSA) is 28.7 Å². The summed E-state index contributed by atoms with van der Waals surface area (Å²) in [5.41, 5.74) is 10.3. The lowest BCUT2D eigenvalue weighted by molar-refractivity contribution is 0.629. The zero-order valence-corrected chi connectivity index (χ0v) is 24.8. The van der Waals surface area contributed by atoms with Gasteiger partial charge in [0.1, 0.15) is 11.6 Å². The maximum absolute atomic E-state index is 15.4. The average Bonchev–Trinajstić information content (AvgIpc) is 3.47. The largest absolute Gasteiger partial charge is 0.355 e. The fourth-order valence-electron chi connectivity index (χ4n) is 6.49. The Labute approximate surface area is 266 Å². The zero-order chi connectivity index (χ0) is 31.0. The number of fused-ring (bicyclic) bond motifs is 3. The van der Waals surface area contributed by atoms with E-state index in [1.165, 1.54) is 18.2 Å². The summed E-state index contributed by atoms with van der Waals surface area (Å²) in [7, 11) is 0. The van der Waals surface area contributed by atoms with Crippen LogP contribution in [-0.4, -0.2) is 16.7 Å². The molecule has 0 unspecified atom stereocenters. The molecule has 0 saturated carbocycles. The van der Waals surface area contributed by atoms with E-state index < -0.39 is 0 Å². The van der Waals surface area contributed by atoms with Crippen molar-refractivity contribution in [3.63, 3.8) is 0 Å². The fourth-order valence-corrected chi connectivity index (χ4v) is 6.49. The maximum atomic E-state index is 15.4. The third kappa shape index (κ3) is 5.16. The molecule has 0 bridgehead atoms. The van der Waals surface area contributed by atoms with Crippen LogP contribution in [0.5, 0.6) is 0 Å². The van der Waals surface area contributed by atoms with E-state index in [4.69, 9.17) is 4.98 Å². The van der Waals surface area contributed by atoms with Gasteiger partial charge in [0.2, 0.25) is 0 Å². The Kier molecular flexibility index (Phi) is 6.99. The summed E-state index contributed by atoms with van der Waals surface area (Å²) in [5, 5.41) is 1.29. The molecule has 0 aliphatic rings. The standard InChI is InChI=1S/C41H27BF2N2/c43-33-19-20-39-35(24-33)36-25-34(44)26-37(41(36)46-39)42(32-15-8-3-9-16-32)40-18-10-17-38(45-40)31-22-29(27-11-4-1-5-12-27)21-30(23-31)28-13-6-2-7-14-28/h1-26,46H. The first-order valence-electron chi connectivity index (χ1n) is 15.3. The van der Waals surface area contributed by atoms with Gasteiger partial charge in [0, 0.05) is 33.0 Å². The van der Waals surface area contributed by atoms with Gasteiger partial charge in [-0.2, -0.15) is 0 Å². The van der Waals surface area contributed by atoms with E-state index in [2.05, 4.69) is 47.4 Å². The summed E-state index contributed by atoms with van der Waals surface area (Å²) in [5.74, 6) is -0.742. The fraction of sp³-hybridized carbons (Fsp3) is 0. The lowest BCUT2D eigenvalue weighted by atomic mass is 9.38. The van der Waals surface area contributed by atoms with Crippen molar-refractivity contribution in [1.29, 1.82) is 0 Å². The Morgan fingerprint density at radius 2 is 1.09 bits per heavy atom. The molecule has 0 amide bonds. The van der Waals surface area contributed by atoms with Crippen molar-refractivity contribution in [1.82, 2.24) is 9.97 Å². The normalized spacial score (nSPS) is 11.3. The van der Waals surface area contributed by atoms with Gasteiger partial charge in [-0.05, 0) is 88.4 Å². The second-order valence-electron chi connectivity index (χ2n) is 11.6. The van der Waals surface area contributed by atoms with Gasteiger partial charge in [-0.3, -0.25) is 4.98 Å². The molecule has 6 aromatic carbocycles. The van der Waals surface area contributed by atoms with Crippen LogP contribution in [0.3, 0.4) is 0 Å². The van der Waals surface area contributed by atoms with Crippen molar-refractivity contribution in [2.24, 2.45) is 0 Å². The van der Waals surface area contributed by atoms with Crippen LogP contribution in [0.25, 0.3) is 55.3 Å². The van der Waals surface area contributed by atoms with Crippen LogP contribution in [0.15, 0.2) is 158 Å². The number of nitrogens with one attached hydrogen (secondary N) is 1. The molecule has 2 aromatic heterocycles. The summed E-state index contributed by atoms with van der Waals surface area (Å²) >= 11 is 0. The van der Waals surface area contributed by atoms with Crippen molar-refractivity contribution < 1.29 is 8.78 Å². The van der Waals surface area contributed by atoms with E-state index in [1.54, 1.807) is 12.1 Å². The number of hydrogen-bond acceptors (Lipinski definition) is 1. The van der Waals surface area contributed by atoms with Crippen LogP contribution < -0.4 is 16.5 Å². The molecular weight excluding hydrogens is 569 g/mol. The van der Waals surface area contributed by atoms with Gasteiger partial charge >= 0.3 is 0 Å². The van der Waals surface area contributed by atoms with Crippen molar-refractivity contribution in [2.45, 2.75) is 0 Å². The molecule has 0 aliphatic heterocycles. The minimum Gasteiger partial charge on any atom is -0.355 e. The lowest BCUT2D eigenvalue weighted by Crippen LogP contribution is -2.53. The minimum atomic E-state index is -0.386. The third-order valence-corrected chi connectivity index (χ3v) is 8.62. The average molecular weight is 596 g/mol. The Balaban J connectivity index is 1.33. The highest BCUT2D eigenvalue weighted by Crippen LogP contribution is 2.32. The summed E-state index contributed by atoms with van der Waals surface area (Å²) in [6, 6.07) is 51.0. The number of benzene rings is 6. The summed E-state index contributed by atoms with van der Waals surface area (Å²) < 4.78 is 29.7. The highest BCUT2D eigenvalue weighted by molar-refractivity contribution is 6.96. The van der Waals surface area contributed by atoms with E-state index in [-0.39, 0.29) is 18.3 Å². The van der Waals surface area contributed by atoms with Gasteiger partial charge in [-0.1, -0.05) is 103 Å². The van der Waals surface area contributed by atoms with Crippen LogP contribution in [-0.2, 0) is 0 Å². The molecule has 1 N–H and O–H groups in total. The summed E-state index contributed by atoms with van der Waals surface area (Å²) in [6.45, 7) is -0.386. The van der Waals surface area contributed by atoms with Crippen LogP contribution in [0.4, 0.5) is 8.78 Å². The number of H-pyrrole nitrogens is 1. The molecule has 8 rings (SSSR count). The Bertz CT molecular complexity index is 2280. The molecule has 0 radical (unpaired) electrons. The number of halogens is 2. The van der Waals surface area contributed by atoms with Crippen LogP contribution in [0.1, 0.15) is 0 Å². The first-order chi connectivity index (χ1) is 22.6. The molecule has 8 aromatic rings. The van der Waals surface area contributed by atoms with Crippen LogP contribution in [0, 0.1) is 11.6 Å². The van der Waals surface area contributed by atoms with Crippen molar-refractivity contribution >= 4 is 45.0 Å². The first-order valence-corrected chi connectivity index (χ1v) is 15.3. The molecule has 0 aliphatic carbocycles. The van der Waals surface area contributed by atoms with E-state index >= 15 is 4.39 Å². The Hall–Kier alpha value is -5.81. The van der Waals surface area contributed by atoms with Crippen LogP contribution in [0.2, 0.25) is 0 Å². The highest BCUT2D eigenvalue weighted by atomic mass is 19.1. The quantitative estimate of drug-likeness (QED) is 0.192. The molecule has 2 heterocycles. The molecule has 46 heavy (non-hydrogen) atoms. The number of nitrogens with zero attached hydrogens (tertiary/aromatic N) is 1. The van der Waals surface area contributed by atoms with E-state index in [0.29, 0.717) is 10.8 Å². The predicted molar refractivity (Wildman–Crippen MR) is 187 cm³/mol. The zero-order valence-electron chi connectivity index (χ0n) is 24.8. The van der Waals surface area contributed by atoms with Gasteiger partial charge < -0.3 is 4.98 Å². The van der Waals surface area contributed by atoms with Gasteiger partial charge in [0.05, 0.1) is 5.69 Å².